The average Bonchev–Trinajstić information content (AvgIpc) is 2.53. The van der Waals surface area contributed by atoms with E-state index in [9.17, 15) is 0 Å². The van der Waals surface area contributed by atoms with Crippen molar-refractivity contribution >= 4 is 45.5 Å². The molecule has 1 heterocycles. The molecule has 0 spiro atoms. The predicted octanol–water partition coefficient (Wildman–Crippen LogP) is 3.13. The van der Waals surface area contributed by atoms with Crippen molar-refractivity contribution in [3.8, 4) is 6.07 Å². The highest BCUT2D eigenvalue weighted by atomic mass is 32.1. The number of nitriles is 1. The van der Waals surface area contributed by atoms with Crippen LogP contribution in [0.25, 0.3) is 0 Å². The van der Waals surface area contributed by atoms with Crippen molar-refractivity contribution in [1.82, 2.24) is 0 Å². The molecule has 0 amide bonds. The summed E-state index contributed by atoms with van der Waals surface area (Å²) in [7, 11) is 0. The number of thiophene rings is 1. The van der Waals surface area contributed by atoms with Gasteiger partial charge in [0.1, 0.15) is 15.4 Å². The van der Waals surface area contributed by atoms with Gasteiger partial charge < -0.3 is 5.32 Å². The van der Waals surface area contributed by atoms with E-state index in [1.54, 1.807) is 11.3 Å². The summed E-state index contributed by atoms with van der Waals surface area (Å²) < 4.78 is 0.421. The van der Waals surface area contributed by atoms with Gasteiger partial charge in [0.25, 0.3) is 0 Å². The third-order valence-electron chi connectivity index (χ3n) is 2.50. The van der Waals surface area contributed by atoms with Gasteiger partial charge in [-0.25, -0.2) is 0 Å². The predicted molar refractivity (Wildman–Crippen MR) is 70.9 cm³/mol. The summed E-state index contributed by atoms with van der Waals surface area (Å²) in [6.07, 6.45) is 4.53. The van der Waals surface area contributed by atoms with Crippen molar-refractivity contribution in [3.63, 3.8) is 0 Å². The number of rotatable bonds is 1. The highest BCUT2D eigenvalue weighted by Crippen LogP contribution is 2.37. The molecule has 15 heavy (non-hydrogen) atoms. The van der Waals surface area contributed by atoms with Crippen molar-refractivity contribution in [2.24, 2.45) is 0 Å². The van der Waals surface area contributed by atoms with Gasteiger partial charge in [-0.1, -0.05) is 12.2 Å². The maximum Gasteiger partial charge on any atom is 0.135 e. The Hall–Kier alpha value is -0.570. The lowest BCUT2D eigenvalue weighted by Crippen LogP contribution is -2.02. The molecule has 0 radical (unpaired) electrons. The maximum absolute atomic E-state index is 9.12. The Bertz CT molecular complexity index is 442. The molecule has 0 saturated heterocycles. The van der Waals surface area contributed by atoms with E-state index in [1.807, 2.05) is 0 Å². The number of thiocarbonyl (C=S) groups is 1. The number of hydrogen-bond acceptors (Lipinski definition) is 3. The van der Waals surface area contributed by atoms with E-state index in [2.05, 4.69) is 24.0 Å². The number of anilines is 1. The molecule has 0 atom stereocenters. The van der Waals surface area contributed by atoms with Crippen molar-refractivity contribution in [3.05, 3.63) is 16.0 Å². The van der Waals surface area contributed by atoms with Gasteiger partial charge in [0.15, 0.2) is 0 Å². The van der Waals surface area contributed by atoms with E-state index in [0.717, 1.165) is 23.4 Å². The van der Waals surface area contributed by atoms with Crippen LogP contribution in [-0.2, 0) is 12.8 Å². The quantitative estimate of drug-likeness (QED) is 0.597. The molecule has 0 fully saturated rings. The summed E-state index contributed by atoms with van der Waals surface area (Å²) in [5, 5.41) is 13.0. The van der Waals surface area contributed by atoms with E-state index in [0.29, 0.717) is 4.32 Å². The van der Waals surface area contributed by atoms with Crippen molar-refractivity contribution < 1.29 is 0 Å². The van der Waals surface area contributed by atoms with Gasteiger partial charge in [0.2, 0.25) is 0 Å². The summed E-state index contributed by atoms with van der Waals surface area (Å²) in [6, 6.07) is 2.26. The highest BCUT2D eigenvalue weighted by molar-refractivity contribution is 8.11. The van der Waals surface area contributed by atoms with Gasteiger partial charge in [-0.05, 0) is 31.2 Å². The number of aryl methyl sites for hydroxylation is 1. The lowest BCUT2D eigenvalue weighted by molar-refractivity contribution is 0.696. The molecular weight excluding hydrogens is 244 g/mol. The van der Waals surface area contributed by atoms with E-state index < -0.39 is 0 Å². The van der Waals surface area contributed by atoms with Crippen LogP contribution >= 0.6 is 36.2 Å². The lowest BCUT2D eigenvalue weighted by atomic mass is 9.96. The van der Waals surface area contributed by atoms with Gasteiger partial charge in [-0.3, -0.25) is 0 Å². The lowest BCUT2D eigenvalue weighted by Gasteiger charge is -2.09. The van der Waals surface area contributed by atoms with E-state index in [4.69, 9.17) is 17.5 Å². The highest BCUT2D eigenvalue weighted by Gasteiger charge is 2.20. The zero-order chi connectivity index (χ0) is 10.8. The second kappa shape index (κ2) is 4.52. The van der Waals surface area contributed by atoms with Gasteiger partial charge in [0.05, 0.1) is 5.56 Å². The van der Waals surface area contributed by atoms with Crippen LogP contribution in [0, 0.1) is 11.3 Å². The third kappa shape index (κ3) is 2.17. The first-order valence-corrected chi connectivity index (χ1v) is 6.44. The van der Waals surface area contributed by atoms with Crippen molar-refractivity contribution in [1.29, 1.82) is 5.26 Å². The molecule has 78 valence electrons. The molecule has 1 aromatic heterocycles. The largest absolute Gasteiger partial charge is 0.332 e. The molecule has 0 bridgehead atoms. The normalized spacial score (nSPS) is 14.1. The van der Waals surface area contributed by atoms with Crippen LogP contribution in [0.5, 0.6) is 0 Å². The Morgan fingerprint density at radius 3 is 2.87 bits per heavy atom. The van der Waals surface area contributed by atoms with E-state index >= 15 is 0 Å². The van der Waals surface area contributed by atoms with Gasteiger partial charge in [0, 0.05) is 4.88 Å². The van der Waals surface area contributed by atoms with Gasteiger partial charge in [-0.2, -0.15) is 5.26 Å². The molecule has 1 aromatic rings. The number of hydrogen-bond donors (Lipinski definition) is 2. The van der Waals surface area contributed by atoms with E-state index in [-0.39, 0.29) is 0 Å². The SMILES string of the molecule is N#Cc1c(NC(=S)S)sc2c1CCCC2. The molecule has 0 unspecified atom stereocenters. The smallest absolute Gasteiger partial charge is 0.135 e. The summed E-state index contributed by atoms with van der Waals surface area (Å²) in [4.78, 5) is 1.34. The van der Waals surface area contributed by atoms with Gasteiger partial charge >= 0.3 is 0 Å². The molecule has 1 aliphatic rings. The molecule has 2 nitrogen and oxygen atoms in total. The summed E-state index contributed by atoms with van der Waals surface area (Å²) in [6.45, 7) is 0. The molecular formula is C10H10N2S3. The number of fused-ring (bicyclic) bond motifs is 1. The van der Waals surface area contributed by atoms with Gasteiger partial charge in [-0.15, -0.1) is 24.0 Å². The minimum Gasteiger partial charge on any atom is -0.332 e. The van der Waals surface area contributed by atoms with Crippen LogP contribution in [0.4, 0.5) is 5.00 Å². The fourth-order valence-corrected chi connectivity index (χ4v) is 3.47. The molecule has 1 aliphatic carbocycles. The van der Waals surface area contributed by atoms with Crippen molar-refractivity contribution in [2.45, 2.75) is 25.7 Å². The molecule has 2 rings (SSSR count). The molecule has 0 aromatic carbocycles. The molecule has 0 aliphatic heterocycles. The van der Waals surface area contributed by atoms with E-state index in [1.165, 1.54) is 23.3 Å². The first kappa shape index (κ1) is 10.9. The third-order valence-corrected chi connectivity index (χ3v) is 3.92. The second-order valence-electron chi connectivity index (χ2n) is 3.46. The Balaban J connectivity index is 2.43. The minimum absolute atomic E-state index is 0.421. The van der Waals surface area contributed by atoms with Crippen molar-refractivity contribution in [2.75, 3.05) is 5.32 Å². The average molecular weight is 254 g/mol. The molecule has 1 N–H and O–H groups in total. The summed E-state index contributed by atoms with van der Waals surface area (Å²) in [5.74, 6) is 0. The zero-order valence-electron chi connectivity index (χ0n) is 8.04. The Labute approximate surface area is 104 Å². The first-order chi connectivity index (χ1) is 7.22. The van der Waals surface area contributed by atoms with Crippen LogP contribution in [0.1, 0.15) is 28.8 Å². The Kier molecular flexibility index (Phi) is 3.29. The first-order valence-electron chi connectivity index (χ1n) is 4.77. The van der Waals surface area contributed by atoms with Crippen LogP contribution in [0.3, 0.4) is 0 Å². The fraction of sp³-hybridized carbons (Fsp3) is 0.400. The molecule has 0 saturated carbocycles. The van der Waals surface area contributed by atoms with Crippen LogP contribution in [0.2, 0.25) is 0 Å². The monoisotopic (exact) mass is 254 g/mol. The minimum atomic E-state index is 0.421. The Morgan fingerprint density at radius 1 is 1.47 bits per heavy atom. The van der Waals surface area contributed by atoms with Crippen LogP contribution in [-0.4, -0.2) is 4.32 Å². The fourth-order valence-electron chi connectivity index (χ4n) is 1.87. The maximum atomic E-state index is 9.12. The number of nitrogens with one attached hydrogen (secondary N) is 1. The summed E-state index contributed by atoms with van der Waals surface area (Å²) in [5.41, 5.74) is 1.99. The van der Waals surface area contributed by atoms with Crippen LogP contribution < -0.4 is 5.32 Å². The Morgan fingerprint density at radius 2 is 2.20 bits per heavy atom. The topological polar surface area (TPSA) is 35.8 Å². The standard InChI is InChI=1S/C10H10N2S3/c11-5-7-6-3-1-2-4-8(6)15-9(7)12-10(13)14/h1-4H2,(H2,12,13,14). The molecule has 5 heteroatoms. The van der Waals surface area contributed by atoms with Crippen LogP contribution in [0.15, 0.2) is 0 Å². The zero-order valence-corrected chi connectivity index (χ0v) is 10.6. The second-order valence-corrected chi connectivity index (χ2v) is 5.72. The number of nitrogens with zero attached hydrogens (tertiary/aromatic N) is 1. The summed E-state index contributed by atoms with van der Waals surface area (Å²) >= 11 is 10.6. The number of thiol groups is 1.